The maximum Gasteiger partial charge on any atom is 0.358 e. The standard InChI is InChI=1S/C14H15BrF2N2/c1-3-4-9-19-10(2)11-7-5-6-8-12(11)18-13(19)14(15,16)17/h5-8H,2-4,9H2,1H3. The number of hydrogen-bond acceptors (Lipinski definition) is 2. The number of para-hydroxylation sites is 1. The number of amidine groups is 1. The summed E-state index contributed by atoms with van der Waals surface area (Å²) in [4.78, 5) is 2.43. The summed E-state index contributed by atoms with van der Waals surface area (Å²) < 4.78 is 27.3. The number of aliphatic imine (C=N–C) groups is 1. The molecule has 0 radical (unpaired) electrons. The fraction of sp³-hybridized carbons (Fsp3) is 0.357. The number of nitrogens with zero attached hydrogens (tertiary/aromatic N) is 2. The Morgan fingerprint density at radius 3 is 2.68 bits per heavy atom. The van der Waals surface area contributed by atoms with Crippen LogP contribution in [0.25, 0.3) is 5.70 Å². The lowest BCUT2D eigenvalue weighted by Gasteiger charge is -2.33. The predicted octanol–water partition coefficient (Wildman–Crippen LogP) is 4.79. The van der Waals surface area contributed by atoms with Gasteiger partial charge in [-0.15, -0.1) is 0 Å². The van der Waals surface area contributed by atoms with Gasteiger partial charge in [0.25, 0.3) is 0 Å². The van der Waals surface area contributed by atoms with Gasteiger partial charge in [-0.25, -0.2) is 4.99 Å². The van der Waals surface area contributed by atoms with Crippen LogP contribution in [0.5, 0.6) is 0 Å². The number of benzene rings is 1. The Morgan fingerprint density at radius 2 is 2.05 bits per heavy atom. The molecule has 102 valence electrons. The number of fused-ring (bicyclic) bond motifs is 1. The van der Waals surface area contributed by atoms with Crippen LogP contribution in [0.4, 0.5) is 14.5 Å². The van der Waals surface area contributed by atoms with Crippen molar-refractivity contribution in [3.05, 3.63) is 36.4 Å². The van der Waals surface area contributed by atoms with E-state index in [1.54, 1.807) is 12.1 Å². The second-order valence-corrected chi connectivity index (χ2v) is 5.40. The fourth-order valence-corrected chi connectivity index (χ4v) is 2.34. The fourth-order valence-electron chi connectivity index (χ4n) is 2.04. The summed E-state index contributed by atoms with van der Waals surface area (Å²) in [5.41, 5.74) is 1.92. The van der Waals surface area contributed by atoms with E-state index in [1.165, 1.54) is 4.90 Å². The molecule has 0 saturated heterocycles. The van der Waals surface area contributed by atoms with Gasteiger partial charge in [-0.2, -0.15) is 8.78 Å². The van der Waals surface area contributed by atoms with E-state index in [9.17, 15) is 8.78 Å². The van der Waals surface area contributed by atoms with Crippen LogP contribution in [0.15, 0.2) is 35.8 Å². The van der Waals surface area contributed by atoms with Crippen LogP contribution in [-0.4, -0.2) is 22.1 Å². The molecular formula is C14H15BrF2N2. The molecule has 0 N–H and O–H groups in total. The van der Waals surface area contributed by atoms with Crippen LogP contribution in [0.1, 0.15) is 25.3 Å². The van der Waals surface area contributed by atoms with Crippen molar-refractivity contribution in [3.8, 4) is 0 Å². The van der Waals surface area contributed by atoms with Gasteiger partial charge in [0.15, 0.2) is 5.84 Å². The third kappa shape index (κ3) is 2.86. The normalized spacial score (nSPS) is 15.3. The van der Waals surface area contributed by atoms with Crippen molar-refractivity contribution in [2.24, 2.45) is 4.99 Å². The average molecular weight is 329 g/mol. The topological polar surface area (TPSA) is 15.6 Å². The summed E-state index contributed by atoms with van der Waals surface area (Å²) in [5.74, 6) is -0.287. The van der Waals surface area contributed by atoms with Crippen LogP contribution in [0, 0.1) is 0 Å². The molecule has 0 unspecified atom stereocenters. The monoisotopic (exact) mass is 328 g/mol. The maximum absolute atomic E-state index is 13.7. The van der Waals surface area contributed by atoms with Crippen molar-refractivity contribution in [1.29, 1.82) is 0 Å². The third-order valence-corrected chi connectivity index (χ3v) is 3.37. The zero-order valence-electron chi connectivity index (χ0n) is 10.7. The highest BCUT2D eigenvalue weighted by atomic mass is 79.9. The molecule has 2 nitrogen and oxygen atoms in total. The highest BCUT2D eigenvalue weighted by molar-refractivity contribution is 9.10. The lowest BCUT2D eigenvalue weighted by Crippen LogP contribution is -2.41. The molecule has 0 atom stereocenters. The van der Waals surface area contributed by atoms with Crippen LogP contribution in [0.2, 0.25) is 0 Å². The largest absolute Gasteiger partial charge is 0.358 e. The van der Waals surface area contributed by atoms with E-state index in [-0.39, 0.29) is 5.84 Å². The highest BCUT2D eigenvalue weighted by Gasteiger charge is 2.39. The van der Waals surface area contributed by atoms with E-state index in [1.807, 2.05) is 19.1 Å². The molecule has 0 aliphatic carbocycles. The maximum atomic E-state index is 13.7. The molecule has 1 aliphatic rings. The van der Waals surface area contributed by atoms with Crippen molar-refractivity contribution in [2.45, 2.75) is 24.6 Å². The second-order valence-electron chi connectivity index (χ2n) is 4.40. The SMILES string of the molecule is C=C1c2ccccc2N=C(C(F)(F)Br)N1CCCC. The zero-order valence-corrected chi connectivity index (χ0v) is 12.3. The number of unbranched alkanes of at least 4 members (excludes halogenated alkanes) is 1. The Bertz CT molecular complexity index is 520. The van der Waals surface area contributed by atoms with Gasteiger partial charge in [0.05, 0.1) is 5.69 Å². The Morgan fingerprint density at radius 1 is 1.37 bits per heavy atom. The summed E-state index contributed by atoms with van der Waals surface area (Å²) in [6.07, 6.45) is 1.73. The summed E-state index contributed by atoms with van der Waals surface area (Å²) in [6.45, 7) is 6.45. The molecule has 5 heteroatoms. The van der Waals surface area contributed by atoms with Gasteiger partial charge in [0, 0.05) is 17.8 Å². The van der Waals surface area contributed by atoms with Crippen LogP contribution in [-0.2, 0) is 0 Å². The van der Waals surface area contributed by atoms with E-state index < -0.39 is 4.83 Å². The van der Waals surface area contributed by atoms with E-state index >= 15 is 0 Å². The smallest absolute Gasteiger partial charge is 0.324 e. The zero-order chi connectivity index (χ0) is 14.0. The lowest BCUT2D eigenvalue weighted by molar-refractivity contribution is 0.178. The molecule has 0 spiro atoms. The van der Waals surface area contributed by atoms with Crippen LogP contribution >= 0.6 is 15.9 Å². The highest BCUT2D eigenvalue weighted by Crippen LogP contribution is 2.38. The van der Waals surface area contributed by atoms with Crippen molar-refractivity contribution in [1.82, 2.24) is 4.90 Å². The first-order valence-corrected chi connectivity index (χ1v) is 6.96. The van der Waals surface area contributed by atoms with Crippen LogP contribution < -0.4 is 0 Å². The van der Waals surface area contributed by atoms with E-state index in [2.05, 4.69) is 27.5 Å². The molecule has 0 amide bonds. The predicted molar refractivity (Wildman–Crippen MR) is 78.1 cm³/mol. The molecule has 0 saturated carbocycles. The number of hydrogen-bond donors (Lipinski definition) is 0. The minimum Gasteiger partial charge on any atom is -0.324 e. The molecule has 0 fully saturated rings. The van der Waals surface area contributed by atoms with E-state index in [0.717, 1.165) is 18.4 Å². The van der Waals surface area contributed by atoms with Gasteiger partial charge in [-0.1, -0.05) is 38.1 Å². The molecular weight excluding hydrogens is 314 g/mol. The molecule has 1 aromatic carbocycles. The number of halogens is 3. The van der Waals surface area contributed by atoms with Gasteiger partial charge < -0.3 is 4.90 Å². The lowest BCUT2D eigenvalue weighted by atomic mass is 10.1. The van der Waals surface area contributed by atoms with Gasteiger partial charge in [-0.05, 0) is 28.4 Å². The summed E-state index contributed by atoms with van der Waals surface area (Å²) >= 11 is 2.40. The van der Waals surface area contributed by atoms with Crippen molar-refractivity contribution in [2.75, 3.05) is 6.54 Å². The molecule has 2 rings (SSSR count). The Balaban J connectivity index is 2.47. The number of alkyl halides is 3. The minimum atomic E-state index is -3.16. The number of rotatable bonds is 4. The molecule has 1 heterocycles. The van der Waals surface area contributed by atoms with Crippen molar-refractivity contribution in [3.63, 3.8) is 0 Å². The minimum absolute atomic E-state index is 0.287. The Hall–Kier alpha value is -1.23. The van der Waals surface area contributed by atoms with Crippen LogP contribution in [0.3, 0.4) is 0 Å². The quantitative estimate of drug-likeness (QED) is 0.725. The summed E-state index contributed by atoms with van der Waals surface area (Å²) in [7, 11) is 0. The summed E-state index contributed by atoms with van der Waals surface area (Å²) in [5, 5.41) is 0. The Kier molecular flexibility index (Phi) is 4.04. The van der Waals surface area contributed by atoms with Crippen molar-refractivity contribution < 1.29 is 8.78 Å². The third-order valence-electron chi connectivity index (χ3n) is 3.01. The Labute approximate surface area is 120 Å². The molecule has 19 heavy (non-hydrogen) atoms. The van der Waals surface area contributed by atoms with Gasteiger partial charge in [0.2, 0.25) is 0 Å². The molecule has 0 aromatic heterocycles. The molecule has 1 aliphatic heterocycles. The first-order valence-electron chi connectivity index (χ1n) is 6.17. The van der Waals surface area contributed by atoms with Crippen molar-refractivity contribution >= 4 is 33.1 Å². The first kappa shape index (κ1) is 14.2. The average Bonchev–Trinajstić information content (AvgIpc) is 2.36. The van der Waals surface area contributed by atoms with E-state index in [4.69, 9.17) is 0 Å². The first-order chi connectivity index (χ1) is 8.95. The summed E-state index contributed by atoms with van der Waals surface area (Å²) in [6, 6.07) is 7.20. The van der Waals surface area contributed by atoms with Gasteiger partial charge in [-0.3, -0.25) is 0 Å². The van der Waals surface area contributed by atoms with Gasteiger partial charge >= 0.3 is 4.83 Å². The molecule has 0 bridgehead atoms. The second kappa shape index (κ2) is 5.41. The molecule has 1 aromatic rings. The van der Waals surface area contributed by atoms with Gasteiger partial charge in [0.1, 0.15) is 0 Å². The van der Waals surface area contributed by atoms with E-state index in [0.29, 0.717) is 17.9 Å².